The maximum absolute atomic E-state index is 13.2. The Labute approximate surface area is 245 Å². The summed E-state index contributed by atoms with van der Waals surface area (Å²) in [5.41, 5.74) is 13.7. The summed E-state index contributed by atoms with van der Waals surface area (Å²) < 4.78 is 13.1. The molecule has 0 heterocycles. The molecule has 42 heavy (non-hydrogen) atoms. The number of benzene rings is 3. The topological polar surface area (TPSA) is 156 Å². The van der Waals surface area contributed by atoms with Crippen LogP contribution < -0.4 is 16.8 Å². The second kappa shape index (κ2) is 15.9. The van der Waals surface area contributed by atoms with Crippen molar-refractivity contribution in [3.8, 4) is 0 Å². The van der Waals surface area contributed by atoms with Gasteiger partial charge in [-0.15, -0.1) is 0 Å². The number of Topliss-reactive ketones (excluding diaryl/α,β-unsaturated/α-hetero) is 1. The van der Waals surface area contributed by atoms with Crippen molar-refractivity contribution in [2.45, 2.75) is 50.2 Å². The van der Waals surface area contributed by atoms with Crippen LogP contribution in [0.1, 0.15) is 30.4 Å². The quantitative estimate of drug-likeness (QED) is 0.189. The van der Waals surface area contributed by atoms with E-state index >= 15 is 0 Å². The molecule has 3 rings (SSSR count). The summed E-state index contributed by atoms with van der Waals surface area (Å²) >= 11 is 0. The van der Waals surface area contributed by atoms with Gasteiger partial charge in [0.1, 0.15) is 18.1 Å². The van der Waals surface area contributed by atoms with Gasteiger partial charge in [-0.05, 0) is 59.7 Å². The van der Waals surface area contributed by atoms with Crippen LogP contribution in [0.4, 0.5) is 4.39 Å². The molecular weight excluding hydrogens is 539 g/mol. The van der Waals surface area contributed by atoms with Crippen LogP contribution in [0.15, 0.2) is 66.7 Å². The van der Waals surface area contributed by atoms with Gasteiger partial charge >= 0.3 is 0 Å². The van der Waals surface area contributed by atoms with Gasteiger partial charge in [0, 0.05) is 25.9 Å². The molecule has 9 nitrogen and oxygen atoms in total. The predicted molar refractivity (Wildman–Crippen MR) is 159 cm³/mol. The molecule has 0 bridgehead atoms. The maximum Gasteiger partial charge on any atom is 0.237 e. The first kappa shape index (κ1) is 32.5. The van der Waals surface area contributed by atoms with Crippen LogP contribution in [0, 0.1) is 11.7 Å². The van der Waals surface area contributed by atoms with Gasteiger partial charge in [0.2, 0.25) is 11.8 Å². The van der Waals surface area contributed by atoms with Gasteiger partial charge in [0.25, 0.3) is 0 Å². The Morgan fingerprint density at radius 1 is 1.02 bits per heavy atom. The van der Waals surface area contributed by atoms with Crippen molar-refractivity contribution < 1.29 is 28.7 Å². The van der Waals surface area contributed by atoms with E-state index < -0.39 is 42.3 Å². The van der Waals surface area contributed by atoms with Crippen molar-refractivity contribution >= 4 is 34.7 Å². The van der Waals surface area contributed by atoms with E-state index in [1.54, 1.807) is 12.1 Å². The molecule has 3 aromatic rings. The standard InChI is InChI=1S/C32H39FN4O5/c1-37(30(40)16-11-21-9-13-25(33)14-10-21)26(19-38)15-12-24(18-34)31(41)29(20-39)36-32(42)28(35)17-23-7-4-6-22-5-2-3-8-27(22)23/h2-10,13-14,19,24,26,28-29,39H,11-12,15-18,20,34-35H2,1H3,(H,36,42)/t24?,26-,28-,29-/m0/s1. The minimum absolute atomic E-state index is 0.0684. The fourth-order valence-electron chi connectivity index (χ4n) is 4.93. The summed E-state index contributed by atoms with van der Waals surface area (Å²) in [5, 5.41) is 14.5. The largest absolute Gasteiger partial charge is 0.394 e. The molecule has 1 unspecified atom stereocenters. The number of rotatable bonds is 16. The van der Waals surface area contributed by atoms with Crippen molar-refractivity contribution in [2.24, 2.45) is 17.4 Å². The molecule has 0 aromatic heterocycles. The van der Waals surface area contributed by atoms with E-state index in [9.17, 15) is 28.7 Å². The van der Waals surface area contributed by atoms with Crippen molar-refractivity contribution in [3.05, 3.63) is 83.7 Å². The first-order chi connectivity index (χ1) is 20.2. The zero-order valence-corrected chi connectivity index (χ0v) is 23.7. The SMILES string of the molecule is CN(C(=O)CCc1ccc(F)cc1)[C@H](C=O)CCC(CN)C(=O)[C@H](CO)NC(=O)[C@@H](N)Cc1cccc2ccccc12. The molecule has 0 saturated carbocycles. The first-order valence-electron chi connectivity index (χ1n) is 14.0. The molecule has 0 saturated heterocycles. The third-order valence-corrected chi connectivity index (χ3v) is 7.59. The van der Waals surface area contributed by atoms with Crippen LogP contribution in [0.3, 0.4) is 0 Å². The molecule has 0 spiro atoms. The molecule has 2 amide bonds. The molecule has 3 aromatic carbocycles. The molecule has 6 N–H and O–H groups in total. The Kier molecular flexibility index (Phi) is 12.3. The van der Waals surface area contributed by atoms with Crippen molar-refractivity contribution in [2.75, 3.05) is 20.2 Å². The lowest BCUT2D eigenvalue weighted by atomic mass is 9.91. The molecular formula is C32H39FN4O5. The molecule has 4 atom stereocenters. The summed E-state index contributed by atoms with van der Waals surface area (Å²) in [5.74, 6) is -2.45. The fraction of sp³-hybridized carbons (Fsp3) is 0.375. The summed E-state index contributed by atoms with van der Waals surface area (Å²) in [7, 11) is 1.51. The summed E-state index contributed by atoms with van der Waals surface area (Å²) in [6.45, 7) is -0.706. The van der Waals surface area contributed by atoms with Crippen molar-refractivity contribution in [1.82, 2.24) is 10.2 Å². The summed E-state index contributed by atoms with van der Waals surface area (Å²) in [6.07, 6.45) is 1.74. The predicted octanol–water partition coefficient (Wildman–Crippen LogP) is 1.91. The smallest absolute Gasteiger partial charge is 0.237 e. The van der Waals surface area contributed by atoms with Crippen LogP contribution in [-0.2, 0) is 32.0 Å². The van der Waals surface area contributed by atoms with E-state index in [4.69, 9.17) is 11.5 Å². The van der Waals surface area contributed by atoms with Gasteiger partial charge in [0.05, 0.1) is 18.7 Å². The number of hydrogen-bond acceptors (Lipinski definition) is 7. The highest BCUT2D eigenvalue weighted by Crippen LogP contribution is 2.20. The van der Waals surface area contributed by atoms with Crippen molar-refractivity contribution in [1.29, 1.82) is 0 Å². The minimum Gasteiger partial charge on any atom is -0.394 e. The number of fused-ring (bicyclic) bond motifs is 1. The Morgan fingerprint density at radius 3 is 2.38 bits per heavy atom. The molecule has 224 valence electrons. The van der Waals surface area contributed by atoms with E-state index in [2.05, 4.69) is 5.32 Å². The number of ketones is 1. The minimum atomic E-state index is -1.21. The molecule has 10 heteroatoms. The normalized spacial score (nSPS) is 14.0. The number of aliphatic hydroxyl groups excluding tert-OH is 1. The van der Waals surface area contributed by atoms with E-state index in [0.717, 1.165) is 21.9 Å². The highest BCUT2D eigenvalue weighted by Gasteiger charge is 2.30. The van der Waals surface area contributed by atoms with Gasteiger partial charge in [-0.3, -0.25) is 14.4 Å². The Hall–Kier alpha value is -3.99. The number of likely N-dealkylation sites (N-methyl/N-ethyl adjacent to an activating group) is 1. The molecule has 0 aliphatic rings. The number of halogens is 1. The third-order valence-electron chi connectivity index (χ3n) is 7.59. The number of nitrogens with one attached hydrogen (secondary N) is 1. The van der Waals surface area contributed by atoms with Gasteiger partial charge < -0.3 is 31.6 Å². The van der Waals surface area contributed by atoms with Crippen LogP contribution >= 0.6 is 0 Å². The maximum atomic E-state index is 13.2. The lowest BCUT2D eigenvalue weighted by molar-refractivity contribution is -0.135. The average molecular weight is 579 g/mol. The average Bonchev–Trinajstić information content (AvgIpc) is 3.01. The third kappa shape index (κ3) is 8.75. The monoisotopic (exact) mass is 578 g/mol. The van der Waals surface area contributed by atoms with Crippen LogP contribution in [0.2, 0.25) is 0 Å². The van der Waals surface area contributed by atoms with Gasteiger partial charge in [-0.25, -0.2) is 4.39 Å². The van der Waals surface area contributed by atoms with Crippen LogP contribution in [0.5, 0.6) is 0 Å². The van der Waals surface area contributed by atoms with E-state index in [-0.39, 0.29) is 44.0 Å². The van der Waals surface area contributed by atoms with Crippen molar-refractivity contribution in [3.63, 3.8) is 0 Å². The first-order valence-corrected chi connectivity index (χ1v) is 14.0. The second-order valence-corrected chi connectivity index (χ2v) is 10.4. The highest BCUT2D eigenvalue weighted by atomic mass is 19.1. The zero-order valence-electron chi connectivity index (χ0n) is 23.7. The number of aldehydes is 1. The number of carbonyl (C=O) groups excluding carboxylic acids is 4. The Morgan fingerprint density at radius 2 is 1.71 bits per heavy atom. The Balaban J connectivity index is 1.54. The fourth-order valence-corrected chi connectivity index (χ4v) is 4.93. The second-order valence-electron chi connectivity index (χ2n) is 10.4. The van der Waals surface area contributed by atoms with Gasteiger partial charge in [-0.1, -0.05) is 54.6 Å². The Bertz CT molecular complexity index is 1360. The van der Waals surface area contributed by atoms with E-state index in [1.165, 1.54) is 24.1 Å². The molecule has 0 radical (unpaired) electrons. The molecule has 0 aliphatic heterocycles. The van der Waals surface area contributed by atoms with E-state index in [1.807, 2.05) is 42.5 Å². The number of aliphatic hydroxyl groups is 1. The number of amides is 2. The van der Waals surface area contributed by atoms with Crippen LogP contribution in [0.25, 0.3) is 10.8 Å². The summed E-state index contributed by atoms with van der Waals surface area (Å²) in [4.78, 5) is 51.9. The lowest BCUT2D eigenvalue weighted by Gasteiger charge is -2.27. The summed E-state index contributed by atoms with van der Waals surface area (Å²) in [6, 6.07) is 16.4. The lowest BCUT2D eigenvalue weighted by Crippen LogP contribution is -2.52. The van der Waals surface area contributed by atoms with Gasteiger partial charge in [-0.2, -0.15) is 0 Å². The number of nitrogens with zero attached hydrogens (tertiary/aromatic N) is 1. The highest BCUT2D eigenvalue weighted by molar-refractivity contribution is 5.93. The number of nitrogens with two attached hydrogens (primary N) is 2. The number of carbonyl (C=O) groups is 4. The number of hydrogen-bond donors (Lipinski definition) is 4. The molecule has 0 fully saturated rings. The van der Waals surface area contributed by atoms with Crippen LogP contribution in [-0.4, -0.2) is 72.2 Å². The number of aryl methyl sites for hydroxylation is 1. The zero-order chi connectivity index (χ0) is 30.6. The molecule has 0 aliphatic carbocycles. The van der Waals surface area contributed by atoms with E-state index in [0.29, 0.717) is 12.7 Å². The van der Waals surface area contributed by atoms with Gasteiger partial charge in [0.15, 0.2) is 5.78 Å².